The van der Waals surface area contributed by atoms with Crippen molar-refractivity contribution in [2.45, 2.75) is 13.0 Å². The van der Waals surface area contributed by atoms with Gasteiger partial charge in [0.2, 0.25) is 0 Å². The van der Waals surface area contributed by atoms with Crippen molar-refractivity contribution in [2.75, 3.05) is 32.1 Å². The van der Waals surface area contributed by atoms with Crippen LogP contribution in [0.25, 0.3) is 0 Å². The number of nitrogens with one attached hydrogen (secondary N) is 1. The summed E-state index contributed by atoms with van der Waals surface area (Å²) in [5, 5.41) is 2.29. The number of nitrogens with zero attached hydrogens (tertiary/aromatic N) is 2. The number of hydrazine groups is 1. The van der Waals surface area contributed by atoms with Crippen molar-refractivity contribution in [2.24, 2.45) is 0 Å². The van der Waals surface area contributed by atoms with E-state index in [1.165, 1.54) is 5.69 Å². The molecule has 1 aliphatic heterocycles. The van der Waals surface area contributed by atoms with Gasteiger partial charge >= 0.3 is 0 Å². The molecule has 0 aliphatic carbocycles. The topological polar surface area (TPSA) is 18.5 Å². The highest BCUT2D eigenvalue weighted by Crippen LogP contribution is 2.11. The Morgan fingerprint density at radius 3 is 2.60 bits per heavy atom. The maximum atomic E-state index is 3.44. The first-order valence-corrected chi connectivity index (χ1v) is 5.52. The van der Waals surface area contributed by atoms with Crippen LogP contribution in [-0.2, 0) is 0 Å². The van der Waals surface area contributed by atoms with Crippen molar-refractivity contribution in [1.29, 1.82) is 0 Å². The molecule has 0 bridgehead atoms. The molecule has 3 heteroatoms. The molecule has 1 saturated heterocycles. The average Bonchev–Trinajstić information content (AvgIpc) is 2.25. The monoisotopic (exact) mass is 205 g/mol. The van der Waals surface area contributed by atoms with Crippen molar-refractivity contribution >= 4 is 5.69 Å². The van der Waals surface area contributed by atoms with Crippen LogP contribution in [0.1, 0.15) is 6.92 Å². The molecule has 82 valence electrons. The van der Waals surface area contributed by atoms with Crippen LogP contribution >= 0.6 is 0 Å². The van der Waals surface area contributed by atoms with Crippen LogP contribution in [0.5, 0.6) is 0 Å². The first-order chi connectivity index (χ1) is 7.25. The van der Waals surface area contributed by atoms with Crippen LogP contribution in [-0.4, -0.2) is 42.6 Å². The number of rotatable bonds is 2. The van der Waals surface area contributed by atoms with Crippen molar-refractivity contribution in [1.82, 2.24) is 9.91 Å². The summed E-state index contributed by atoms with van der Waals surface area (Å²) in [6.45, 7) is 5.54. The molecule has 0 radical (unpaired) electrons. The van der Waals surface area contributed by atoms with Crippen molar-refractivity contribution in [3.63, 3.8) is 0 Å². The zero-order valence-corrected chi connectivity index (χ0v) is 9.48. The predicted molar refractivity (Wildman–Crippen MR) is 63.7 cm³/mol. The van der Waals surface area contributed by atoms with Gasteiger partial charge in [0.15, 0.2) is 0 Å². The normalized spacial score (nSPS) is 24.0. The van der Waals surface area contributed by atoms with Gasteiger partial charge in [-0.15, -0.1) is 0 Å². The number of hydrogen-bond donors (Lipinski definition) is 1. The van der Waals surface area contributed by atoms with Crippen LogP contribution in [0.3, 0.4) is 0 Å². The minimum atomic E-state index is 0.620. The van der Waals surface area contributed by atoms with Gasteiger partial charge in [0.25, 0.3) is 0 Å². The minimum absolute atomic E-state index is 0.620. The predicted octanol–water partition coefficient (Wildman–Crippen LogP) is 1.65. The Morgan fingerprint density at radius 2 is 1.93 bits per heavy atom. The number of hydrogen-bond acceptors (Lipinski definition) is 3. The smallest absolute Gasteiger partial charge is 0.0490 e. The Morgan fingerprint density at radius 1 is 1.20 bits per heavy atom. The highest BCUT2D eigenvalue weighted by molar-refractivity contribution is 5.41. The molecule has 0 spiro atoms. The van der Waals surface area contributed by atoms with Gasteiger partial charge in [0.05, 0.1) is 0 Å². The van der Waals surface area contributed by atoms with Crippen molar-refractivity contribution in [3.8, 4) is 0 Å². The largest absolute Gasteiger partial charge is 0.319 e. The fourth-order valence-electron chi connectivity index (χ4n) is 1.85. The zero-order chi connectivity index (χ0) is 10.7. The summed E-state index contributed by atoms with van der Waals surface area (Å²) >= 11 is 0. The highest BCUT2D eigenvalue weighted by atomic mass is 15.5. The maximum Gasteiger partial charge on any atom is 0.0490 e. The second-order valence-corrected chi connectivity index (χ2v) is 4.25. The summed E-state index contributed by atoms with van der Waals surface area (Å²) in [4.78, 5) is 2.39. The summed E-state index contributed by atoms with van der Waals surface area (Å²) in [5.41, 5.74) is 4.61. The number of likely N-dealkylation sites (N-methyl/N-ethyl adjacent to an activating group) is 1. The Balaban J connectivity index is 1.91. The van der Waals surface area contributed by atoms with Gasteiger partial charge in [0.1, 0.15) is 0 Å². The first-order valence-electron chi connectivity index (χ1n) is 5.52. The molecule has 1 N–H and O–H groups in total. The molecule has 0 saturated carbocycles. The summed E-state index contributed by atoms with van der Waals surface area (Å²) < 4.78 is 0. The Kier molecular flexibility index (Phi) is 3.23. The van der Waals surface area contributed by atoms with Gasteiger partial charge in [-0.3, -0.25) is 0 Å². The molecule has 3 nitrogen and oxygen atoms in total. The number of piperazine rings is 1. The lowest BCUT2D eigenvalue weighted by atomic mass is 10.2. The number of anilines is 1. The molecule has 1 atom stereocenters. The molecule has 1 fully saturated rings. The van der Waals surface area contributed by atoms with E-state index in [-0.39, 0.29) is 0 Å². The van der Waals surface area contributed by atoms with Crippen LogP contribution in [0.4, 0.5) is 5.69 Å². The molecule has 0 aromatic heterocycles. The molecule has 1 aromatic carbocycles. The molecule has 1 aromatic rings. The summed E-state index contributed by atoms with van der Waals surface area (Å²) in [6, 6.07) is 11.0. The second kappa shape index (κ2) is 4.64. The van der Waals surface area contributed by atoms with Gasteiger partial charge in [-0.25, -0.2) is 5.01 Å². The summed E-state index contributed by atoms with van der Waals surface area (Å²) in [7, 11) is 2.19. The first kappa shape index (κ1) is 10.5. The van der Waals surface area contributed by atoms with Gasteiger partial charge in [-0.05, 0) is 26.1 Å². The Labute approximate surface area is 91.7 Å². The standard InChI is InChI=1S/C12H19N3/c1-11-10-15(9-8-14(11)2)13-12-6-4-3-5-7-12/h3-7,11,13H,8-10H2,1-2H3. The lowest BCUT2D eigenvalue weighted by Crippen LogP contribution is -2.51. The van der Waals surface area contributed by atoms with Gasteiger partial charge in [-0.2, -0.15) is 0 Å². The minimum Gasteiger partial charge on any atom is -0.319 e. The van der Waals surface area contributed by atoms with E-state index < -0.39 is 0 Å². The SMILES string of the molecule is CC1CN(Nc2ccccc2)CCN1C. The van der Waals surface area contributed by atoms with E-state index in [1.807, 2.05) is 6.07 Å². The third-order valence-electron chi connectivity index (χ3n) is 3.02. The lowest BCUT2D eigenvalue weighted by Gasteiger charge is -2.38. The van der Waals surface area contributed by atoms with E-state index in [0.717, 1.165) is 19.6 Å². The highest BCUT2D eigenvalue weighted by Gasteiger charge is 2.20. The fourth-order valence-corrected chi connectivity index (χ4v) is 1.85. The fraction of sp³-hybridized carbons (Fsp3) is 0.500. The third-order valence-corrected chi connectivity index (χ3v) is 3.02. The quantitative estimate of drug-likeness (QED) is 0.792. The maximum absolute atomic E-state index is 3.44. The Bertz CT molecular complexity index is 299. The van der Waals surface area contributed by atoms with Crippen LogP contribution in [0.15, 0.2) is 30.3 Å². The van der Waals surface area contributed by atoms with E-state index in [4.69, 9.17) is 0 Å². The third kappa shape index (κ3) is 2.70. The van der Waals surface area contributed by atoms with E-state index in [0.29, 0.717) is 6.04 Å². The van der Waals surface area contributed by atoms with Gasteiger partial charge in [0, 0.05) is 31.4 Å². The second-order valence-electron chi connectivity index (χ2n) is 4.25. The van der Waals surface area contributed by atoms with Crippen LogP contribution in [0.2, 0.25) is 0 Å². The lowest BCUT2D eigenvalue weighted by molar-refractivity contribution is 0.124. The van der Waals surface area contributed by atoms with Crippen LogP contribution < -0.4 is 5.43 Å². The number of para-hydroxylation sites is 1. The molecule has 1 unspecified atom stereocenters. The van der Waals surface area contributed by atoms with E-state index in [1.54, 1.807) is 0 Å². The zero-order valence-electron chi connectivity index (χ0n) is 9.48. The molecular formula is C12H19N3. The average molecular weight is 205 g/mol. The molecule has 1 heterocycles. The van der Waals surface area contributed by atoms with Crippen LogP contribution in [0, 0.1) is 0 Å². The van der Waals surface area contributed by atoms with Crippen molar-refractivity contribution < 1.29 is 0 Å². The molecule has 2 rings (SSSR count). The van der Waals surface area contributed by atoms with Gasteiger partial charge in [-0.1, -0.05) is 18.2 Å². The Hall–Kier alpha value is -1.06. The van der Waals surface area contributed by atoms with E-state index in [2.05, 4.69) is 53.6 Å². The molecular weight excluding hydrogens is 186 g/mol. The number of benzene rings is 1. The van der Waals surface area contributed by atoms with E-state index >= 15 is 0 Å². The molecule has 15 heavy (non-hydrogen) atoms. The molecule has 1 aliphatic rings. The molecule has 0 amide bonds. The summed E-state index contributed by atoms with van der Waals surface area (Å²) in [6.07, 6.45) is 0. The summed E-state index contributed by atoms with van der Waals surface area (Å²) in [5.74, 6) is 0. The van der Waals surface area contributed by atoms with E-state index in [9.17, 15) is 0 Å². The van der Waals surface area contributed by atoms with Gasteiger partial charge < -0.3 is 10.3 Å². The van der Waals surface area contributed by atoms with Crippen molar-refractivity contribution in [3.05, 3.63) is 30.3 Å².